The Hall–Kier alpha value is -2.20. The molecule has 1 N–H and O–H groups in total. The summed E-state index contributed by atoms with van der Waals surface area (Å²) >= 11 is 14.0. The van der Waals surface area contributed by atoms with Crippen LogP contribution in [0.5, 0.6) is 0 Å². The predicted molar refractivity (Wildman–Crippen MR) is 104 cm³/mol. The highest BCUT2D eigenvalue weighted by atomic mass is 35.5. The third kappa shape index (κ3) is 4.56. The summed E-state index contributed by atoms with van der Waals surface area (Å²) in [5.74, 6) is -1.10. The van der Waals surface area contributed by atoms with E-state index >= 15 is 0 Å². The summed E-state index contributed by atoms with van der Waals surface area (Å²) in [5, 5.41) is 14.3. The number of nitrogens with one attached hydrogen (secondary N) is 1. The van der Waals surface area contributed by atoms with Gasteiger partial charge in [-0.1, -0.05) is 41.0 Å². The van der Waals surface area contributed by atoms with Crippen LogP contribution in [-0.2, 0) is 0 Å². The number of pyridine rings is 1. The summed E-state index contributed by atoms with van der Waals surface area (Å²) in [6, 6.07) is 6.49. The minimum absolute atomic E-state index is 0.0924. The van der Waals surface area contributed by atoms with Crippen molar-refractivity contribution in [3.8, 4) is 0 Å². The first-order valence-electron chi connectivity index (χ1n) is 7.17. The fourth-order valence-corrected chi connectivity index (χ4v) is 4.78. The third-order valence-electron chi connectivity index (χ3n) is 3.19. The van der Waals surface area contributed by atoms with E-state index in [4.69, 9.17) is 23.2 Å². The fraction of sp³-hybridized carbons (Fsp3) is 0. The van der Waals surface area contributed by atoms with E-state index in [9.17, 15) is 19.3 Å². The molecule has 11 heteroatoms. The molecule has 3 aromatic rings. The topological polar surface area (TPSA) is 85.1 Å². The molecule has 138 valence electrons. The van der Waals surface area contributed by atoms with Crippen molar-refractivity contribution in [2.24, 2.45) is 0 Å². The number of nitrogens with zero attached hydrogens (tertiary/aromatic N) is 2. The number of nitro groups is 1. The molecule has 6 nitrogen and oxygen atoms in total. The van der Waals surface area contributed by atoms with Crippen LogP contribution in [0.15, 0.2) is 51.8 Å². The summed E-state index contributed by atoms with van der Waals surface area (Å²) in [6.45, 7) is 0. The Morgan fingerprint density at radius 1 is 1.26 bits per heavy atom. The van der Waals surface area contributed by atoms with Crippen molar-refractivity contribution >= 4 is 63.6 Å². The van der Waals surface area contributed by atoms with Gasteiger partial charge in [0.15, 0.2) is 0 Å². The van der Waals surface area contributed by atoms with Crippen molar-refractivity contribution in [3.63, 3.8) is 0 Å². The molecule has 1 aromatic carbocycles. The van der Waals surface area contributed by atoms with Crippen LogP contribution in [0.4, 0.5) is 15.8 Å². The maximum atomic E-state index is 13.2. The van der Waals surface area contributed by atoms with Crippen molar-refractivity contribution < 1.29 is 14.1 Å². The van der Waals surface area contributed by atoms with Gasteiger partial charge in [-0.25, -0.2) is 4.39 Å². The van der Waals surface area contributed by atoms with Gasteiger partial charge in [-0.05, 0) is 18.2 Å². The Morgan fingerprint density at radius 3 is 2.59 bits per heavy atom. The van der Waals surface area contributed by atoms with Crippen molar-refractivity contribution in [1.82, 2.24) is 4.98 Å². The first kappa shape index (κ1) is 19.6. The Morgan fingerprint density at radius 2 is 1.96 bits per heavy atom. The van der Waals surface area contributed by atoms with Crippen LogP contribution in [0.1, 0.15) is 9.67 Å². The van der Waals surface area contributed by atoms with Gasteiger partial charge in [0.05, 0.1) is 19.9 Å². The van der Waals surface area contributed by atoms with Gasteiger partial charge >= 0.3 is 0 Å². The lowest BCUT2D eigenvalue weighted by Gasteiger charge is -2.04. The van der Waals surface area contributed by atoms with Crippen molar-refractivity contribution in [1.29, 1.82) is 0 Å². The van der Waals surface area contributed by atoms with E-state index in [1.165, 1.54) is 30.6 Å². The smallest absolute Gasteiger partial charge is 0.294 e. The molecule has 0 aliphatic heterocycles. The number of carbonyl (C=O) groups excluding carboxylic acids is 1. The maximum absolute atomic E-state index is 13.2. The second kappa shape index (κ2) is 8.22. The minimum Gasteiger partial charge on any atom is -0.321 e. The van der Waals surface area contributed by atoms with Crippen LogP contribution in [0.2, 0.25) is 10.0 Å². The number of halogens is 3. The van der Waals surface area contributed by atoms with Gasteiger partial charge < -0.3 is 5.32 Å². The third-order valence-corrected chi connectivity index (χ3v) is 6.44. The first-order valence-corrected chi connectivity index (χ1v) is 9.56. The normalized spacial score (nSPS) is 10.6. The van der Waals surface area contributed by atoms with Crippen LogP contribution in [-0.4, -0.2) is 15.8 Å². The molecule has 0 aliphatic rings. The monoisotopic (exact) mass is 443 g/mol. The second-order valence-electron chi connectivity index (χ2n) is 5.04. The van der Waals surface area contributed by atoms with E-state index in [-0.39, 0.29) is 30.5 Å². The van der Waals surface area contributed by atoms with Crippen LogP contribution in [0, 0.1) is 15.9 Å². The Kier molecular flexibility index (Phi) is 5.95. The number of rotatable bonds is 5. The number of thiophene rings is 1. The lowest BCUT2D eigenvalue weighted by Crippen LogP contribution is -2.10. The number of anilines is 1. The van der Waals surface area contributed by atoms with E-state index in [2.05, 4.69) is 10.3 Å². The molecule has 0 aliphatic carbocycles. The summed E-state index contributed by atoms with van der Waals surface area (Å²) < 4.78 is 13.5. The average Bonchev–Trinajstić information content (AvgIpc) is 3.03. The summed E-state index contributed by atoms with van der Waals surface area (Å²) in [6.07, 6.45) is 2.74. The molecule has 27 heavy (non-hydrogen) atoms. The summed E-state index contributed by atoms with van der Waals surface area (Å²) in [5.41, 5.74) is -0.0104. The second-order valence-corrected chi connectivity index (χ2v) is 8.18. The van der Waals surface area contributed by atoms with Crippen LogP contribution in [0.3, 0.4) is 0 Å². The number of benzene rings is 1. The molecule has 1 amide bonds. The number of hydrogen-bond acceptors (Lipinski definition) is 6. The number of carbonyl (C=O) groups is 1. The molecule has 0 saturated heterocycles. The van der Waals surface area contributed by atoms with E-state index in [0.717, 1.165) is 35.2 Å². The van der Waals surface area contributed by atoms with Gasteiger partial charge in [0, 0.05) is 24.1 Å². The zero-order chi connectivity index (χ0) is 19.6. The standard InChI is InChI=1S/C16H8Cl2FN3O3S2/c17-10-6-20-7-11(18)14(10)27-16-12(22(24)25)5-13(26-16)15(23)21-9-3-1-2-8(19)4-9/h1-7H,(H,21,23). The summed E-state index contributed by atoms with van der Waals surface area (Å²) in [7, 11) is 0. The number of hydrogen-bond donors (Lipinski definition) is 1. The van der Waals surface area contributed by atoms with Gasteiger partial charge in [0.2, 0.25) is 0 Å². The molecule has 0 spiro atoms. The Bertz CT molecular complexity index is 1030. The van der Waals surface area contributed by atoms with Gasteiger partial charge in [-0.3, -0.25) is 19.9 Å². The molecule has 0 saturated carbocycles. The van der Waals surface area contributed by atoms with Crippen molar-refractivity contribution in [2.45, 2.75) is 9.10 Å². The first-order chi connectivity index (χ1) is 12.8. The SMILES string of the molecule is O=C(Nc1cccc(F)c1)c1cc([N+](=O)[O-])c(Sc2c(Cl)cncc2Cl)s1. The minimum atomic E-state index is -0.596. The van der Waals surface area contributed by atoms with Gasteiger partial charge in [0.1, 0.15) is 14.9 Å². The highest BCUT2D eigenvalue weighted by Gasteiger charge is 2.25. The van der Waals surface area contributed by atoms with E-state index in [1.807, 2.05) is 0 Å². The maximum Gasteiger partial charge on any atom is 0.294 e. The molecule has 2 aromatic heterocycles. The molecule has 2 heterocycles. The number of aromatic nitrogens is 1. The van der Waals surface area contributed by atoms with E-state index < -0.39 is 16.6 Å². The van der Waals surface area contributed by atoms with Gasteiger partial charge in [-0.15, -0.1) is 11.3 Å². The van der Waals surface area contributed by atoms with Crippen LogP contribution in [0.25, 0.3) is 0 Å². The molecule has 0 atom stereocenters. The predicted octanol–water partition coefficient (Wildman–Crippen LogP) is 5.90. The summed E-state index contributed by atoms with van der Waals surface area (Å²) in [4.78, 5) is 27.5. The average molecular weight is 444 g/mol. The zero-order valence-corrected chi connectivity index (χ0v) is 16.3. The highest BCUT2D eigenvalue weighted by Crippen LogP contribution is 2.45. The molecule has 0 bridgehead atoms. The molecule has 0 unspecified atom stereocenters. The Labute approximate surface area is 170 Å². The van der Waals surface area contributed by atoms with Crippen LogP contribution >= 0.6 is 46.3 Å². The molecular weight excluding hydrogens is 436 g/mol. The highest BCUT2D eigenvalue weighted by molar-refractivity contribution is 8.01. The fourth-order valence-electron chi connectivity index (χ4n) is 2.03. The molecule has 3 rings (SSSR count). The Balaban J connectivity index is 1.91. The van der Waals surface area contributed by atoms with Gasteiger partial charge in [0.25, 0.3) is 11.6 Å². The quantitative estimate of drug-likeness (QED) is 0.391. The molecular formula is C16H8Cl2FN3O3S2. The molecule has 0 fully saturated rings. The van der Waals surface area contributed by atoms with Gasteiger partial charge in [-0.2, -0.15) is 0 Å². The number of amides is 1. The zero-order valence-electron chi connectivity index (χ0n) is 13.1. The lowest BCUT2D eigenvalue weighted by molar-refractivity contribution is -0.387. The molecule has 0 radical (unpaired) electrons. The van der Waals surface area contributed by atoms with E-state index in [0.29, 0.717) is 4.90 Å². The van der Waals surface area contributed by atoms with Crippen LogP contribution < -0.4 is 5.32 Å². The largest absolute Gasteiger partial charge is 0.321 e. The van der Waals surface area contributed by atoms with Crippen molar-refractivity contribution in [3.05, 3.63) is 73.6 Å². The van der Waals surface area contributed by atoms with Crippen molar-refractivity contribution in [2.75, 3.05) is 5.32 Å². The van der Waals surface area contributed by atoms with E-state index in [1.54, 1.807) is 0 Å². The lowest BCUT2D eigenvalue weighted by atomic mass is 10.3.